The second-order valence-electron chi connectivity index (χ2n) is 6.28. The molecule has 1 aromatic heterocycles. The third-order valence-corrected chi connectivity index (χ3v) is 4.17. The molecular formula is C22H21N3O4. The molecule has 0 bridgehead atoms. The zero-order chi connectivity index (χ0) is 20.8. The van der Waals surface area contributed by atoms with Crippen molar-refractivity contribution in [2.75, 3.05) is 24.9 Å². The average molecular weight is 391 g/mol. The zero-order valence-electron chi connectivity index (χ0n) is 16.4. The fourth-order valence-corrected chi connectivity index (χ4v) is 2.73. The number of hydrogen-bond acceptors (Lipinski definition) is 5. The van der Waals surface area contributed by atoms with E-state index < -0.39 is 5.91 Å². The lowest BCUT2D eigenvalue weighted by Gasteiger charge is -2.11. The highest BCUT2D eigenvalue weighted by Gasteiger charge is 2.14. The highest BCUT2D eigenvalue weighted by molar-refractivity contribution is 6.07. The summed E-state index contributed by atoms with van der Waals surface area (Å²) in [6.45, 7) is 1.94. The maximum absolute atomic E-state index is 12.6. The van der Waals surface area contributed by atoms with Crippen LogP contribution in [0.15, 0.2) is 60.8 Å². The molecule has 0 radical (unpaired) electrons. The van der Waals surface area contributed by atoms with E-state index in [1.54, 1.807) is 30.3 Å². The van der Waals surface area contributed by atoms with Gasteiger partial charge in [0, 0.05) is 29.2 Å². The van der Waals surface area contributed by atoms with Crippen LogP contribution in [-0.2, 0) is 0 Å². The van der Waals surface area contributed by atoms with Crippen molar-refractivity contribution in [2.24, 2.45) is 0 Å². The Labute approximate surface area is 168 Å². The Balaban J connectivity index is 1.74. The highest BCUT2D eigenvalue weighted by Crippen LogP contribution is 2.29. The van der Waals surface area contributed by atoms with Crippen LogP contribution in [0.5, 0.6) is 11.5 Å². The van der Waals surface area contributed by atoms with Gasteiger partial charge >= 0.3 is 0 Å². The molecule has 3 aromatic rings. The van der Waals surface area contributed by atoms with E-state index in [1.165, 1.54) is 26.5 Å². The molecule has 0 atom stereocenters. The number of aryl methyl sites for hydroxylation is 1. The van der Waals surface area contributed by atoms with Gasteiger partial charge in [0.05, 0.1) is 14.2 Å². The van der Waals surface area contributed by atoms with Gasteiger partial charge in [-0.2, -0.15) is 0 Å². The van der Waals surface area contributed by atoms with Gasteiger partial charge < -0.3 is 20.1 Å². The molecule has 0 spiro atoms. The number of rotatable bonds is 6. The number of amides is 2. The SMILES string of the molecule is COc1ccc(NC(=O)c2cc(C(=O)Nc3cccc(C)c3)ccn2)cc1OC. The third-order valence-electron chi connectivity index (χ3n) is 4.17. The summed E-state index contributed by atoms with van der Waals surface area (Å²) in [6.07, 6.45) is 1.43. The van der Waals surface area contributed by atoms with Crippen molar-refractivity contribution in [3.8, 4) is 11.5 Å². The molecule has 0 saturated heterocycles. The minimum absolute atomic E-state index is 0.122. The summed E-state index contributed by atoms with van der Waals surface area (Å²) >= 11 is 0. The van der Waals surface area contributed by atoms with Crippen molar-refractivity contribution in [1.29, 1.82) is 0 Å². The Kier molecular flexibility index (Phi) is 6.09. The normalized spacial score (nSPS) is 10.2. The van der Waals surface area contributed by atoms with E-state index in [4.69, 9.17) is 9.47 Å². The van der Waals surface area contributed by atoms with Crippen molar-refractivity contribution >= 4 is 23.2 Å². The van der Waals surface area contributed by atoms with E-state index in [2.05, 4.69) is 15.6 Å². The number of nitrogens with zero attached hydrogens (tertiary/aromatic N) is 1. The number of pyridine rings is 1. The second kappa shape index (κ2) is 8.88. The first-order valence-electron chi connectivity index (χ1n) is 8.87. The van der Waals surface area contributed by atoms with Gasteiger partial charge in [0.1, 0.15) is 5.69 Å². The van der Waals surface area contributed by atoms with Gasteiger partial charge in [0.25, 0.3) is 11.8 Å². The van der Waals surface area contributed by atoms with Gasteiger partial charge in [-0.15, -0.1) is 0 Å². The smallest absolute Gasteiger partial charge is 0.274 e. The molecule has 29 heavy (non-hydrogen) atoms. The molecule has 0 unspecified atom stereocenters. The lowest BCUT2D eigenvalue weighted by molar-refractivity contribution is 0.102. The summed E-state index contributed by atoms with van der Waals surface area (Å²) in [4.78, 5) is 29.1. The monoisotopic (exact) mass is 391 g/mol. The predicted molar refractivity (Wildman–Crippen MR) is 111 cm³/mol. The van der Waals surface area contributed by atoms with Gasteiger partial charge in [-0.3, -0.25) is 14.6 Å². The van der Waals surface area contributed by atoms with E-state index in [1.807, 2.05) is 25.1 Å². The van der Waals surface area contributed by atoms with Gasteiger partial charge in [0.2, 0.25) is 0 Å². The Morgan fingerprint density at radius 2 is 1.55 bits per heavy atom. The van der Waals surface area contributed by atoms with Gasteiger partial charge in [0.15, 0.2) is 11.5 Å². The van der Waals surface area contributed by atoms with Crippen LogP contribution < -0.4 is 20.1 Å². The van der Waals surface area contributed by atoms with E-state index in [0.29, 0.717) is 28.4 Å². The molecule has 2 aromatic carbocycles. The summed E-state index contributed by atoms with van der Waals surface area (Å²) < 4.78 is 10.4. The lowest BCUT2D eigenvalue weighted by atomic mass is 10.2. The van der Waals surface area contributed by atoms with Crippen LogP contribution in [0.2, 0.25) is 0 Å². The number of methoxy groups -OCH3 is 2. The Morgan fingerprint density at radius 3 is 2.28 bits per heavy atom. The lowest BCUT2D eigenvalue weighted by Crippen LogP contribution is -2.17. The van der Waals surface area contributed by atoms with Crippen molar-refractivity contribution in [2.45, 2.75) is 6.92 Å². The minimum Gasteiger partial charge on any atom is -0.493 e. The standard InChI is InChI=1S/C22H21N3O4/c1-14-5-4-6-16(11-14)24-21(26)15-9-10-23-18(12-15)22(27)25-17-7-8-19(28-2)20(13-17)29-3/h4-13H,1-3H3,(H,24,26)(H,25,27). The molecule has 0 fully saturated rings. The van der Waals surface area contributed by atoms with Crippen molar-refractivity contribution in [1.82, 2.24) is 4.98 Å². The van der Waals surface area contributed by atoms with E-state index in [-0.39, 0.29) is 11.6 Å². The van der Waals surface area contributed by atoms with Crippen molar-refractivity contribution < 1.29 is 19.1 Å². The molecule has 1 heterocycles. The Morgan fingerprint density at radius 1 is 0.828 bits per heavy atom. The summed E-state index contributed by atoms with van der Waals surface area (Å²) in [5.41, 5.74) is 2.69. The Hall–Kier alpha value is -3.87. The number of carbonyl (C=O) groups excluding carboxylic acids is 2. The van der Waals surface area contributed by atoms with E-state index >= 15 is 0 Å². The number of benzene rings is 2. The van der Waals surface area contributed by atoms with E-state index in [9.17, 15) is 9.59 Å². The molecular weight excluding hydrogens is 370 g/mol. The number of anilines is 2. The summed E-state index contributed by atoms with van der Waals surface area (Å²) in [5, 5.41) is 5.55. The molecule has 0 saturated carbocycles. The molecule has 3 rings (SSSR count). The molecule has 0 aliphatic heterocycles. The molecule has 2 amide bonds. The molecule has 148 valence electrons. The third kappa shape index (κ3) is 4.90. The highest BCUT2D eigenvalue weighted by atomic mass is 16.5. The summed E-state index contributed by atoms with van der Waals surface area (Å²) in [6, 6.07) is 15.5. The maximum Gasteiger partial charge on any atom is 0.274 e. The molecule has 2 N–H and O–H groups in total. The topological polar surface area (TPSA) is 89.5 Å². The fraction of sp³-hybridized carbons (Fsp3) is 0.136. The number of hydrogen-bond donors (Lipinski definition) is 2. The van der Waals surface area contributed by atoms with Gasteiger partial charge in [-0.25, -0.2) is 0 Å². The van der Waals surface area contributed by atoms with Crippen LogP contribution in [0, 0.1) is 6.92 Å². The first kappa shape index (κ1) is 19.9. The molecule has 7 heteroatoms. The molecule has 0 aliphatic carbocycles. The minimum atomic E-state index is -0.442. The van der Waals surface area contributed by atoms with Gasteiger partial charge in [-0.05, 0) is 48.9 Å². The number of nitrogens with one attached hydrogen (secondary N) is 2. The van der Waals surface area contributed by atoms with E-state index in [0.717, 1.165) is 5.56 Å². The van der Waals surface area contributed by atoms with Crippen molar-refractivity contribution in [3.63, 3.8) is 0 Å². The maximum atomic E-state index is 12.6. The number of aromatic nitrogens is 1. The number of carbonyl (C=O) groups is 2. The van der Waals surface area contributed by atoms with Crippen LogP contribution in [0.1, 0.15) is 26.4 Å². The molecule has 0 aliphatic rings. The van der Waals surface area contributed by atoms with Crippen LogP contribution >= 0.6 is 0 Å². The van der Waals surface area contributed by atoms with Crippen LogP contribution in [0.25, 0.3) is 0 Å². The molecule has 7 nitrogen and oxygen atoms in total. The zero-order valence-corrected chi connectivity index (χ0v) is 16.4. The van der Waals surface area contributed by atoms with Crippen molar-refractivity contribution in [3.05, 3.63) is 77.6 Å². The largest absolute Gasteiger partial charge is 0.493 e. The Bertz CT molecular complexity index is 1050. The van der Waals surface area contributed by atoms with Crippen LogP contribution in [-0.4, -0.2) is 31.0 Å². The first-order chi connectivity index (χ1) is 14.0. The predicted octanol–water partition coefficient (Wildman–Crippen LogP) is 3.91. The first-order valence-corrected chi connectivity index (χ1v) is 8.87. The number of ether oxygens (including phenoxy) is 2. The fourth-order valence-electron chi connectivity index (χ4n) is 2.73. The van der Waals surface area contributed by atoms with Crippen LogP contribution in [0.3, 0.4) is 0 Å². The van der Waals surface area contributed by atoms with Crippen LogP contribution in [0.4, 0.5) is 11.4 Å². The summed E-state index contributed by atoms with van der Waals surface area (Å²) in [5.74, 6) is 0.281. The second-order valence-corrected chi connectivity index (χ2v) is 6.28. The summed E-state index contributed by atoms with van der Waals surface area (Å²) in [7, 11) is 3.05. The quantitative estimate of drug-likeness (QED) is 0.665. The van der Waals surface area contributed by atoms with Gasteiger partial charge in [-0.1, -0.05) is 12.1 Å². The average Bonchev–Trinajstić information content (AvgIpc) is 2.73.